The number of benzene rings is 1. The molecule has 6 heteroatoms. The summed E-state index contributed by atoms with van der Waals surface area (Å²) in [6.45, 7) is 3.04. The van der Waals surface area contributed by atoms with Gasteiger partial charge in [-0.15, -0.1) is 0 Å². The largest absolute Gasteiger partial charge is 0.465 e. The van der Waals surface area contributed by atoms with E-state index in [1.807, 2.05) is 13.1 Å². The van der Waals surface area contributed by atoms with Crippen molar-refractivity contribution in [3.05, 3.63) is 53.9 Å². The summed E-state index contributed by atoms with van der Waals surface area (Å²) >= 11 is 0. The van der Waals surface area contributed by atoms with Crippen LogP contribution in [0.3, 0.4) is 0 Å². The number of unbranched alkanes of at least 4 members (excludes halogenated alkanes) is 1. The van der Waals surface area contributed by atoms with Gasteiger partial charge in [-0.05, 0) is 30.7 Å². The van der Waals surface area contributed by atoms with Gasteiger partial charge in [-0.25, -0.2) is 4.79 Å². The van der Waals surface area contributed by atoms with E-state index in [-0.39, 0.29) is 5.91 Å². The summed E-state index contributed by atoms with van der Waals surface area (Å²) in [5, 5.41) is 2.78. The first-order valence-corrected chi connectivity index (χ1v) is 8.21. The fourth-order valence-corrected chi connectivity index (χ4v) is 2.33. The van der Waals surface area contributed by atoms with Gasteiger partial charge in [-0.3, -0.25) is 9.78 Å². The van der Waals surface area contributed by atoms with E-state index in [0.29, 0.717) is 16.8 Å². The number of nitrogens with one attached hydrogen (secondary N) is 1. The highest BCUT2D eigenvalue weighted by atomic mass is 16.5. The van der Waals surface area contributed by atoms with Crippen LogP contribution in [0.4, 0.5) is 11.4 Å². The minimum atomic E-state index is -0.447. The Balaban J connectivity index is 2.12. The Hall–Kier alpha value is -2.89. The van der Waals surface area contributed by atoms with Crippen molar-refractivity contribution < 1.29 is 14.3 Å². The van der Waals surface area contributed by atoms with Crippen molar-refractivity contribution in [3.63, 3.8) is 0 Å². The van der Waals surface area contributed by atoms with Crippen LogP contribution < -0.4 is 10.2 Å². The lowest BCUT2D eigenvalue weighted by molar-refractivity contribution is 0.0600. The molecule has 1 amide bonds. The molecule has 1 aromatic heterocycles. The minimum absolute atomic E-state index is 0.278. The lowest BCUT2D eigenvalue weighted by Gasteiger charge is -2.19. The number of carbonyl (C=O) groups excluding carboxylic acids is 2. The monoisotopic (exact) mass is 341 g/mol. The van der Waals surface area contributed by atoms with E-state index in [4.69, 9.17) is 0 Å². The van der Waals surface area contributed by atoms with Crippen molar-refractivity contribution in [2.45, 2.75) is 19.8 Å². The van der Waals surface area contributed by atoms with E-state index in [2.05, 4.69) is 26.9 Å². The predicted molar refractivity (Wildman–Crippen MR) is 98.1 cm³/mol. The second-order valence-corrected chi connectivity index (χ2v) is 5.73. The molecule has 0 atom stereocenters. The molecular formula is C19H23N3O3. The molecule has 0 aliphatic rings. The Morgan fingerprint density at radius 2 is 2.00 bits per heavy atom. The average Bonchev–Trinajstić information content (AvgIpc) is 2.65. The van der Waals surface area contributed by atoms with Crippen LogP contribution in [0.1, 0.15) is 40.5 Å². The number of methoxy groups -OCH3 is 1. The summed E-state index contributed by atoms with van der Waals surface area (Å²) < 4.78 is 4.69. The Bertz CT molecular complexity index is 746. The second kappa shape index (κ2) is 8.82. The number of aromatic nitrogens is 1. The van der Waals surface area contributed by atoms with Crippen molar-refractivity contribution in [3.8, 4) is 0 Å². The van der Waals surface area contributed by atoms with Gasteiger partial charge in [0, 0.05) is 25.5 Å². The second-order valence-electron chi connectivity index (χ2n) is 5.73. The molecule has 0 radical (unpaired) electrons. The molecule has 0 bridgehead atoms. The first kappa shape index (κ1) is 18.4. The molecule has 1 N–H and O–H groups in total. The van der Waals surface area contributed by atoms with E-state index in [0.717, 1.165) is 25.1 Å². The van der Waals surface area contributed by atoms with Gasteiger partial charge in [-0.1, -0.05) is 19.4 Å². The molecule has 0 saturated carbocycles. The molecule has 2 aromatic rings. The smallest absolute Gasteiger partial charge is 0.337 e. The van der Waals surface area contributed by atoms with Crippen LogP contribution in [0, 0.1) is 0 Å². The third-order valence-corrected chi connectivity index (χ3v) is 3.82. The standard InChI is InChI=1S/C19H23N3O3/c1-4-5-9-22(2)17-11-15(12-20-13-17)18(23)21-16-8-6-7-14(10-16)19(24)25-3/h6-8,10-13H,4-5,9H2,1-3H3,(H,21,23). The van der Waals surface area contributed by atoms with Crippen molar-refractivity contribution in [2.24, 2.45) is 0 Å². The number of rotatable bonds is 7. The maximum Gasteiger partial charge on any atom is 0.337 e. The van der Waals surface area contributed by atoms with Gasteiger partial charge in [0.2, 0.25) is 0 Å². The van der Waals surface area contributed by atoms with Crippen LogP contribution in [-0.4, -0.2) is 37.6 Å². The number of anilines is 2. The van der Waals surface area contributed by atoms with Crippen LogP contribution in [-0.2, 0) is 4.74 Å². The first-order valence-electron chi connectivity index (χ1n) is 8.21. The highest BCUT2D eigenvalue weighted by Crippen LogP contribution is 2.16. The maximum absolute atomic E-state index is 12.5. The SMILES string of the molecule is CCCCN(C)c1cncc(C(=O)Nc2cccc(C(=O)OC)c2)c1. The van der Waals surface area contributed by atoms with Gasteiger partial charge in [-0.2, -0.15) is 0 Å². The van der Waals surface area contributed by atoms with E-state index in [1.54, 1.807) is 30.5 Å². The van der Waals surface area contributed by atoms with Crippen LogP contribution in [0.15, 0.2) is 42.7 Å². The summed E-state index contributed by atoms with van der Waals surface area (Å²) in [4.78, 5) is 30.3. The number of esters is 1. The van der Waals surface area contributed by atoms with Crippen LogP contribution >= 0.6 is 0 Å². The van der Waals surface area contributed by atoms with E-state index in [1.165, 1.54) is 13.3 Å². The molecule has 0 aliphatic carbocycles. The topological polar surface area (TPSA) is 71.5 Å². The summed E-state index contributed by atoms with van der Waals surface area (Å²) in [5.41, 5.74) is 2.26. The number of ether oxygens (including phenoxy) is 1. The summed E-state index contributed by atoms with van der Waals surface area (Å²) in [6.07, 6.45) is 5.45. The van der Waals surface area contributed by atoms with Crippen molar-refractivity contribution in [2.75, 3.05) is 30.9 Å². The van der Waals surface area contributed by atoms with Crippen LogP contribution in [0.25, 0.3) is 0 Å². The molecule has 0 unspecified atom stereocenters. The Kier molecular flexibility index (Phi) is 6.51. The Labute approximate surface area is 147 Å². The number of hydrogen-bond donors (Lipinski definition) is 1. The minimum Gasteiger partial charge on any atom is -0.465 e. The molecule has 132 valence electrons. The highest BCUT2D eigenvalue weighted by Gasteiger charge is 2.11. The van der Waals surface area contributed by atoms with Crippen molar-refractivity contribution in [1.29, 1.82) is 0 Å². The van der Waals surface area contributed by atoms with E-state index in [9.17, 15) is 9.59 Å². The Morgan fingerprint density at radius 1 is 1.20 bits per heavy atom. The lowest BCUT2D eigenvalue weighted by Crippen LogP contribution is -2.20. The number of pyridine rings is 1. The van der Waals surface area contributed by atoms with Crippen molar-refractivity contribution >= 4 is 23.3 Å². The molecule has 0 fully saturated rings. The van der Waals surface area contributed by atoms with Gasteiger partial charge in [0.05, 0.1) is 30.1 Å². The molecule has 25 heavy (non-hydrogen) atoms. The number of carbonyl (C=O) groups is 2. The number of amides is 1. The van der Waals surface area contributed by atoms with Gasteiger partial charge in [0.1, 0.15) is 0 Å². The van der Waals surface area contributed by atoms with Crippen LogP contribution in [0.2, 0.25) is 0 Å². The fraction of sp³-hybridized carbons (Fsp3) is 0.316. The third-order valence-electron chi connectivity index (χ3n) is 3.82. The fourth-order valence-electron chi connectivity index (χ4n) is 2.33. The highest BCUT2D eigenvalue weighted by molar-refractivity contribution is 6.05. The zero-order chi connectivity index (χ0) is 18.2. The summed E-state index contributed by atoms with van der Waals surface area (Å²) in [7, 11) is 3.30. The van der Waals surface area contributed by atoms with Crippen molar-refractivity contribution in [1.82, 2.24) is 4.98 Å². The third kappa shape index (κ3) is 5.04. The molecule has 2 rings (SSSR count). The lowest BCUT2D eigenvalue weighted by atomic mass is 10.2. The molecular weight excluding hydrogens is 318 g/mol. The first-order chi connectivity index (χ1) is 12.0. The van der Waals surface area contributed by atoms with Gasteiger partial charge in [0.25, 0.3) is 5.91 Å². The van der Waals surface area contributed by atoms with Gasteiger partial charge >= 0.3 is 5.97 Å². The molecule has 1 heterocycles. The van der Waals surface area contributed by atoms with E-state index < -0.39 is 5.97 Å². The average molecular weight is 341 g/mol. The maximum atomic E-state index is 12.5. The molecule has 0 spiro atoms. The molecule has 0 saturated heterocycles. The predicted octanol–water partition coefficient (Wildman–Crippen LogP) is 3.36. The summed E-state index contributed by atoms with van der Waals surface area (Å²) in [6, 6.07) is 8.42. The summed E-state index contributed by atoms with van der Waals surface area (Å²) in [5.74, 6) is -0.724. The molecule has 1 aromatic carbocycles. The molecule has 0 aliphatic heterocycles. The zero-order valence-corrected chi connectivity index (χ0v) is 14.8. The quantitative estimate of drug-likeness (QED) is 0.782. The van der Waals surface area contributed by atoms with Crippen LogP contribution in [0.5, 0.6) is 0 Å². The van der Waals surface area contributed by atoms with Gasteiger partial charge < -0.3 is 15.0 Å². The normalized spacial score (nSPS) is 10.2. The van der Waals surface area contributed by atoms with E-state index >= 15 is 0 Å². The Morgan fingerprint density at radius 3 is 2.72 bits per heavy atom. The number of hydrogen-bond acceptors (Lipinski definition) is 5. The zero-order valence-electron chi connectivity index (χ0n) is 14.8. The van der Waals surface area contributed by atoms with Gasteiger partial charge in [0.15, 0.2) is 0 Å². The molecule has 6 nitrogen and oxygen atoms in total. The number of nitrogens with zero attached hydrogens (tertiary/aromatic N) is 2.